The first-order valence-electron chi connectivity index (χ1n) is 8.62. The Hall–Kier alpha value is -3.01. The quantitative estimate of drug-likeness (QED) is 0.482. The number of carbonyl (C=O) groups excluding carboxylic acids is 2. The van der Waals surface area contributed by atoms with E-state index in [0.717, 1.165) is 17.0 Å². The summed E-state index contributed by atoms with van der Waals surface area (Å²) in [6.45, 7) is 3.01. The molecular weight excluding hydrogens is 395 g/mol. The first kappa shape index (κ1) is 22.3. The van der Waals surface area contributed by atoms with Crippen molar-refractivity contribution in [2.24, 2.45) is 0 Å². The van der Waals surface area contributed by atoms with Gasteiger partial charge < -0.3 is 23.5 Å². The Kier molecular flexibility index (Phi) is 7.27. The number of benzene rings is 1. The van der Waals surface area contributed by atoms with Gasteiger partial charge in [-0.05, 0) is 26.0 Å². The highest BCUT2D eigenvalue weighted by Gasteiger charge is 2.37. The van der Waals surface area contributed by atoms with Crippen molar-refractivity contribution < 1.29 is 41.7 Å². The van der Waals surface area contributed by atoms with Crippen LogP contribution in [-0.4, -0.2) is 43.6 Å². The van der Waals surface area contributed by atoms with Crippen LogP contribution in [0.3, 0.4) is 0 Å². The molecule has 0 radical (unpaired) electrons. The van der Waals surface area contributed by atoms with E-state index in [9.17, 15) is 22.8 Å². The van der Waals surface area contributed by atoms with Gasteiger partial charge in [0.15, 0.2) is 6.79 Å². The smallest absolute Gasteiger partial charge is 0.418 e. The van der Waals surface area contributed by atoms with E-state index in [1.807, 2.05) is 0 Å². The molecule has 0 atom stereocenters. The van der Waals surface area contributed by atoms with E-state index in [2.05, 4.69) is 0 Å². The lowest BCUT2D eigenvalue weighted by Crippen LogP contribution is -2.12. The summed E-state index contributed by atoms with van der Waals surface area (Å²) in [4.78, 5) is 24.0. The zero-order chi connectivity index (χ0) is 21.6. The summed E-state index contributed by atoms with van der Waals surface area (Å²) in [5.74, 6) is -1.68. The summed E-state index contributed by atoms with van der Waals surface area (Å²) in [7, 11) is 1.38. The van der Waals surface area contributed by atoms with Gasteiger partial charge in [-0.15, -0.1) is 0 Å². The summed E-state index contributed by atoms with van der Waals surface area (Å²) in [5.41, 5.74) is -1.44. The molecule has 10 heteroatoms. The largest absolute Gasteiger partial charge is 0.467 e. The molecular formula is C19H20F3NO6. The van der Waals surface area contributed by atoms with Gasteiger partial charge in [-0.2, -0.15) is 13.2 Å². The third-order valence-electron chi connectivity index (χ3n) is 3.72. The SMILES string of the molecule is CCOC(=O)c1ccc(-n2cc(C(=O)OCC)c(C(F)(F)F)c2)cc1OCOC. The van der Waals surface area contributed by atoms with Gasteiger partial charge in [0.25, 0.3) is 0 Å². The van der Waals surface area contributed by atoms with Crippen LogP contribution < -0.4 is 4.74 Å². The lowest BCUT2D eigenvalue weighted by molar-refractivity contribution is -0.138. The molecule has 0 saturated carbocycles. The highest BCUT2D eigenvalue weighted by Crippen LogP contribution is 2.34. The van der Waals surface area contributed by atoms with Gasteiger partial charge in [-0.3, -0.25) is 0 Å². The third kappa shape index (κ3) is 5.29. The van der Waals surface area contributed by atoms with E-state index in [0.29, 0.717) is 0 Å². The second-order valence-electron chi connectivity index (χ2n) is 5.66. The van der Waals surface area contributed by atoms with Crippen molar-refractivity contribution in [3.05, 3.63) is 47.3 Å². The zero-order valence-corrected chi connectivity index (χ0v) is 16.0. The number of hydrogen-bond acceptors (Lipinski definition) is 6. The molecule has 1 heterocycles. The summed E-state index contributed by atoms with van der Waals surface area (Å²) >= 11 is 0. The van der Waals surface area contributed by atoms with Gasteiger partial charge in [-0.1, -0.05) is 0 Å². The van der Waals surface area contributed by atoms with Crippen LogP contribution in [0.2, 0.25) is 0 Å². The second kappa shape index (κ2) is 9.46. The molecule has 0 N–H and O–H groups in total. The van der Waals surface area contributed by atoms with Gasteiger partial charge in [-0.25, -0.2) is 9.59 Å². The van der Waals surface area contributed by atoms with Crippen LogP contribution in [0.5, 0.6) is 5.75 Å². The highest BCUT2D eigenvalue weighted by atomic mass is 19.4. The molecule has 0 saturated heterocycles. The number of nitrogens with zero attached hydrogens (tertiary/aromatic N) is 1. The number of methoxy groups -OCH3 is 1. The van der Waals surface area contributed by atoms with Gasteiger partial charge >= 0.3 is 18.1 Å². The van der Waals surface area contributed by atoms with Crippen LogP contribution >= 0.6 is 0 Å². The van der Waals surface area contributed by atoms with Crippen molar-refractivity contribution >= 4 is 11.9 Å². The zero-order valence-electron chi connectivity index (χ0n) is 16.0. The minimum absolute atomic E-state index is 0.0581. The fourth-order valence-corrected chi connectivity index (χ4v) is 2.49. The molecule has 0 bridgehead atoms. The number of ether oxygens (including phenoxy) is 4. The molecule has 0 amide bonds. The summed E-state index contributed by atoms with van der Waals surface area (Å²) in [5, 5.41) is 0. The van der Waals surface area contributed by atoms with Crippen molar-refractivity contribution in [3.8, 4) is 11.4 Å². The number of rotatable bonds is 8. The molecule has 0 aliphatic rings. The summed E-state index contributed by atoms with van der Waals surface area (Å²) < 4.78 is 61.0. The molecule has 158 valence electrons. The maximum Gasteiger partial charge on any atom is 0.418 e. The van der Waals surface area contributed by atoms with E-state index in [-0.39, 0.29) is 37.0 Å². The minimum atomic E-state index is -4.76. The molecule has 0 fully saturated rings. The maximum atomic E-state index is 13.4. The lowest BCUT2D eigenvalue weighted by Gasteiger charge is -2.12. The maximum absolute atomic E-state index is 13.4. The van der Waals surface area contributed by atoms with Crippen LogP contribution in [0.15, 0.2) is 30.6 Å². The van der Waals surface area contributed by atoms with Crippen LogP contribution in [0.1, 0.15) is 40.1 Å². The Morgan fingerprint density at radius 2 is 1.62 bits per heavy atom. The van der Waals surface area contributed by atoms with Crippen molar-refractivity contribution in [1.29, 1.82) is 0 Å². The fraction of sp³-hybridized carbons (Fsp3) is 0.368. The van der Waals surface area contributed by atoms with Gasteiger partial charge in [0.2, 0.25) is 0 Å². The lowest BCUT2D eigenvalue weighted by atomic mass is 10.2. The summed E-state index contributed by atoms with van der Waals surface area (Å²) in [6, 6.07) is 4.11. The van der Waals surface area contributed by atoms with E-state index < -0.39 is 29.2 Å². The molecule has 29 heavy (non-hydrogen) atoms. The van der Waals surface area contributed by atoms with Crippen LogP contribution in [0.4, 0.5) is 13.2 Å². The predicted octanol–water partition coefficient (Wildman–Crippen LogP) is 3.83. The second-order valence-corrected chi connectivity index (χ2v) is 5.66. The van der Waals surface area contributed by atoms with Crippen molar-refractivity contribution in [1.82, 2.24) is 4.57 Å². The van der Waals surface area contributed by atoms with Gasteiger partial charge in [0, 0.05) is 31.3 Å². The Morgan fingerprint density at radius 1 is 1.00 bits per heavy atom. The van der Waals surface area contributed by atoms with Crippen LogP contribution in [0.25, 0.3) is 5.69 Å². The first-order valence-corrected chi connectivity index (χ1v) is 8.62. The molecule has 1 aromatic heterocycles. The molecule has 0 aliphatic heterocycles. The number of halogens is 3. The van der Waals surface area contributed by atoms with Crippen LogP contribution in [0, 0.1) is 0 Å². The van der Waals surface area contributed by atoms with Crippen LogP contribution in [-0.2, 0) is 20.4 Å². The predicted molar refractivity (Wildman–Crippen MR) is 95.2 cm³/mol. The molecule has 0 aliphatic carbocycles. The highest BCUT2D eigenvalue weighted by molar-refractivity contribution is 5.93. The van der Waals surface area contributed by atoms with Gasteiger partial charge in [0.05, 0.1) is 24.3 Å². The molecule has 2 rings (SSSR count). The van der Waals surface area contributed by atoms with Crippen molar-refractivity contribution in [3.63, 3.8) is 0 Å². The molecule has 1 aromatic carbocycles. The topological polar surface area (TPSA) is 76.0 Å². The average Bonchev–Trinajstić information content (AvgIpc) is 3.12. The molecule has 2 aromatic rings. The molecule has 7 nitrogen and oxygen atoms in total. The molecule has 0 spiro atoms. The van der Waals surface area contributed by atoms with Crippen molar-refractivity contribution in [2.45, 2.75) is 20.0 Å². The Morgan fingerprint density at radius 3 is 2.17 bits per heavy atom. The number of hydrogen-bond donors (Lipinski definition) is 0. The van der Waals surface area contributed by atoms with E-state index in [1.165, 1.54) is 32.2 Å². The van der Waals surface area contributed by atoms with E-state index in [4.69, 9.17) is 18.9 Å². The van der Waals surface area contributed by atoms with E-state index in [1.54, 1.807) is 6.92 Å². The standard InChI is InChI=1S/C19H20F3NO6/c1-4-27-17(24)13-7-6-12(8-16(13)29-11-26-3)23-9-14(18(25)28-5-2)15(10-23)19(20,21)22/h6-10H,4-5,11H2,1-3H3. The Bertz CT molecular complexity index is 875. The summed E-state index contributed by atoms with van der Waals surface area (Å²) in [6.07, 6.45) is -2.97. The first-order chi connectivity index (χ1) is 13.7. The Labute approximate surface area is 164 Å². The Balaban J connectivity index is 2.53. The van der Waals surface area contributed by atoms with Crippen molar-refractivity contribution in [2.75, 3.05) is 27.1 Å². The normalized spacial score (nSPS) is 11.2. The monoisotopic (exact) mass is 415 g/mol. The minimum Gasteiger partial charge on any atom is -0.467 e. The number of aromatic nitrogens is 1. The number of esters is 2. The number of carbonyl (C=O) groups is 2. The third-order valence-corrected chi connectivity index (χ3v) is 3.72. The van der Waals surface area contributed by atoms with E-state index >= 15 is 0 Å². The molecule has 0 unspecified atom stereocenters. The fourth-order valence-electron chi connectivity index (χ4n) is 2.49. The average molecular weight is 415 g/mol. The number of alkyl halides is 3. The van der Waals surface area contributed by atoms with Gasteiger partial charge in [0.1, 0.15) is 11.3 Å².